The van der Waals surface area contributed by atoms with Gasteiger partial charge in [-0.15, -0.1) is 0 Å². The maximum Gasteiger partial charge on any atom is 0.130 e. The van der Waals surface area contributed by atoms with E-state index >= 15 is 0 Å². The number of rotatable bonds is 5. The fourth-order valence-electron chi connectivity index (χ4n) is 1.55. The fraction of sp³-hybridized carbons (Fsp3) is 0.231. The summed E-state index contributed by atoms with van der Waals surface area (Å²) in [5, 5.41) is 3.08. The molecule has 1 aromatic heterocycles. The van der Waals surface area contributed by atoms with E-state index in [1.54, 1.807) is 6.26 Å². The van der Waals surface area contributed by atoms with Gasteiger partial charge in [0.25, 0.3) is 0 Å². The lowest BCUT2D eigenvalue weighted by atomic mass is 10.2. The largest absolute Gasteiger partial charge is 0.469 e. The number of benzene rings is 1. The molecule has 0 radical (unpaired) electrons. The summed E-state index contributed by atoms with van der Waals surface area (Å²) in [5.74, 6) is -0.186. The Morgan fingerprint density at radius 3 is 2.76 bits per heavy atom. The summed E-state index contributed by atoms with van der Waals surface area (Å²) < 4.78 is 31.1. The summed E-state index contributed by atoms with van der Waals surface area (Å²) >= 11 is 0. The number of halogens is 2. The number of hydrogen-bond acceptors (Lipinski definition) is 2. The van der Waals surface area contributed by atoms with Crippen LogP contribution in [0.2, 0.25) is 0 Å². The maximum atomic E-state index is 13.3. The predicted molar refractivity (Wildman–Crippen MR) is 60.5 cm³/mol. The highest BCUT2D eigenvalue weighted by Crippen LogP contribution is 2.09. The Kier molecular flexibility index (Phi) is 3.88. The Balaban J connectivity index is 1.78. The van der Waals surface area contributed by atoms with Gasteiger partial charge in [-0.3, -0.25) is 0 Å². The molecule has 0 aliphatic carbocycles. The summed E-state index contributed by atoms with van der Waals surface area (Å²) in [4.78, 5) is 0. The topological polar surface area (TPSA) is 25.2 Å². The van der Waals surface area contributed by atoms with E-state index < -0.39 is 11.6 Å². The van der Waals surface area contributed by atoms with Crippen LogP contribution in [0.4, 0.5) is 8.78 Å². The highest BCUT2D eigenvalue weighted by molar-refractivity contribution is 5.18. The van der Waals surface area contributed by atoms with Crippen LogP contribution in [0.3, 0.4) is 0 Å². The molecule has 2 aromatic rings. The van der Waals surface area contributed by atoms with E-state index in [0.717, 1.165) is 18.2 Å². The van der Waals surface area contributed by atoms with Gasteiger partial charge in [0.2, 0.25) is 0 Å². The van der Waals surface area contributed by atoms with Gasteiger partial charge >= 0.3 is 0 Å². The van der Waals surface area contributed by atoms with Crippen LogP contribution < -0.4 is 5.32 Å². The number of furan rings is 1. The molecule has 0 fully saturated rings. The van der Waals surface area contributed by atoms with E-state index in [1.165, 1.54) is 12.1 Å². The van der Waals surface area contributed by atoms with Crippen molar-refractivity contribution in [3.05, 3.63) is 59.6 Å². The second-order valence-electron chi connectivity index (χ2n) is 3.74. The first kappa shape index (κ1) is 11.8. The third-order valence-electron chi connectivity index (χ3n) is 2.46. The van der Waals surface area contributed by atoms with E-state index in [0.29, 0.717) is 18.7 Å². The lowest BCUT2D eigenvalue weighted by Gasteiger charge is -2.05. The predicted octanol–water partition coefficient (Wildman–Crippen LogP) is 2.89. The number of hydrogen-bond donors (Lipinski definition) is 1. The molecule has 1 N–H and O–H groups in total. The second-order valence-corrected chi connectivity index (χ2v) is 3.74. The molecule has 17 heavy (non-hydrogen) atoms. The third-order valence-corrected chi connectivity index (χ3v) is 2.46. The van der Waals surface area contributed by atoms with Gasteiger partial charge in [-0.1, -0.05) is 6.07 Å². The molecule has 1 heterocycles. The molecule has 0 unspecified atom stereocenters. The number of nitrogens with one attached hydrogen (secondary N) is 1. The van der Waals surface area contributed by atoms with Crippen molar-refractivity contribution < 1.29 is 13.2 Å². The molecule has 0 bridgehead atoms. The van der Waals surface area contributed by atoms with Crippen LogP contribution in [0.15, 0.2) is 41.0 Å². The summed E-state index contributed by atoms with van der Waals surface area (Å²) in [6.07, 6.45) is 2.37. The Morgan fingerprint density at radius 2 is 2.06 bits per heavy atom. The van der Waals surface area contributed by atoms with Crippen LogP contribution in [0, 0.1) is 11.6 Å². The molecule has 0 amide bonds. The molecular formula is C13H13F2NO. The molecule has 90 valence electrons. The molecule has 0 aliphatic heterocycles. The van der Waals surface area contributed by atoms with Crippen molar-refractivity contribution in [1.29, 1.82) is 0 Å². The minimum atomic E-state index is -0.554. The van der Waals surface area contributed by atoms with Crippen molar-refractivity contribution in [2.24, 2.45) is 0 Å². The van der Waals surface area contributed by atoms with E-state index in [9.17, 15) is 8.78 Å². The normalized spacial score (nSPS) is 10.7. The molecule has 2 nitrogen and oxygen atoms in total. The van der Waals surface area contributed by atoms with Crippen molar-refractivity contribution in [1.82, 2.24) is 5.32 Å². The van der Waals surface area contributed by atoms with Gasteiger partial charge in [-0.2, -0.15) is 0 Å². The SMILES string of the molecule is Fc1ccc(CNCCc2ccco2)c(F)c1. The van der Waals surface area contributed by atoms with Gasteiger partial charge in [0.1, 0.15) is 17.4 Å². The average Bonchev–Trinajstić information content (AvgIpc) is 2.79. The first-order chi connectivity index (χ1) is 8.25. The highest BCUT2D eigenvalue weighted by Gasteiger charge is 2.03. The van der Waals surface area contributed by atoms with E-state index in [2.05, 4.69) is 5.32 Å². The fourth-order valence-corrected chi connectivity index (χ4v) is 1.55. The van der Waals surface area contributed by atoms with Crippen molar-refractivity contribution in [2.75, 3.05) is 6.54 Å². The molecule has 0 saturated carbocycles. The van der Waals surface area contributed by atoms with E-state index in [4.69, 9.17) is 4.42 Å². The van der Waals surface area contributed by atoms with Gasteiger partial charge in [-0.25, -0.2) is 8.78 Å². The monoisotopic (exact) mass is 237 g/mol. The van der Waals surface area contributed by atoms with Gasteiger partial charge < -0.3 is 9.73 Å². The molecule has 0 saturated heterocycles. The van der Waals surface area contributed by atoms with Gasteiger partial charge in [0.15, 0.2) is 0 Å². The van der Waals surface area contributed by atoms with Crippen LogP contribution in [0.5, 0.6) is 0 Å². The van der Waals surface area contributed by atoms with Crippen LogP contribution in [-0.4, -0.2) is 6.54 Å². The molecule has 0 aliphatic rings. The van der Waals surface area contributed by atoms with Gasteiger partial charge in [0, 0.05) is 31.1 Å². The summed E-state index contributed by atoms with van der Waals surface area (Å²) in [6, 6.07) is 7.32. The molecule has 2 rings (SSSR count). The van der Waals surface area contributed by atoms with Crippen LogP contribution >= 0.6 is 0 Å². The van der Waals surface area contributed by atoms with Crippen molar-refractivity contribution in [3.8, 4) is 0 Å². The van der Waals surface area contributed by atoms with E-state index in [1.807, 2.05) is 12.1 Å². The lowest BCUT2D eigenvalue weighted by Crippen LogP contribution is -2.17. The van der Waals surface area contributed by atoms with Gasteiger partial charge in [-0.05, 0) is 18.2 Å². The van der Waals surface area contributed by atoms with Crippen molar-refractivity contribution in [3.63, 3.8) is 0 Å². The second kappa shape index (κ2) is 5.59. The quantitative estimate of drug-likeness (QED) is 0.809. The smallest absolute Gasteiger partial charge is 0.130 e. The van der Waals surface area contributed by atoms with Crippen LogP contribution in [0.1, 0.15) is 11.3 Å². The minimum absolute atomic E-state index is 0.382. The first-order valence-electron chi connectivity index (χ1n) is 5.43. The van der Waals surface area contributed by atoms with Crippen LogP contribution in [0.25, 0.3) is 0 Å². The maximum absolute atomic E-state index is 13.3. The Labute approximate surface area is 98.3 Å². The molecule has 4 heteroatoms. The average molecular weight is 237 g/mol. The first-order valence-corrected chi connectivity index (χ1v) is 5.43. The van der Waals surface area contributed by atoms with Gasteiger partial charge in [0.05, 0.1) is 6.26 Å². The Morgan fingerprint density at radius 1 is 1.18 bits per heavy atom. The van der Waals surface area contributed by atoms with Crippen LogP contribution in [-0.2, 0) is 13.0 Å². The molecule has 1 aromatic carbocycles. The molecular weight excluding hydrogens is 224 g/mol. The third kappa shape index (κ3) is 3.39. The van der Waals surface area contributed by atoms with Crippen molar-refractivity contribution >= 4 is 0 Å². The van der Waals surface area contributed by atoms with Crippen molar-refractivity contribution in [2.45, 2.75) is 13.0 Å². The zero-order valence-corrected chi connectivity index (χ0v) is 9.25. The summed E-state index contributed by atoms with van der Waals surface area (Å²) in [6.45, 7) is 1.07. The summed E-state index contributed by atoms with van der Waals surface area (Å²) in [5.41, 5.74) is 0.464. The Hall–Kier alpha value is -1.68. The summed E-state index contributed by atoms with van der Waals surface area (Å²) in [7, 11) is 0. The zero-order valence-electron chi connectivity index (χ0n) is 9.25. The Bertz CT molecular complexity index is 468. The van der Waals surface area contributed by atoms with E-state index in [-0.39, 0.29) is 0 Å². The molecule has 0 spiro atoms. The standard InChI is InChI=1S/C13H13F2NO/c14-11-4-3-10(13(15)8-11)9-16-6-5-12-2-1-7-17-12/h1-4,7-8,16H,5-6,9H2. The highest BCUT2D eigenvalue weighted by atomic mass is 19.1. The molecule has 0 atom stereocenters. The minimum Gasteiger partial charge on any atom is -0.469 e. The lowest BCUT2D eigenvalue weighted by molar-refractivity contribution is 0.496. The zero-order chi connectivity index (χ0) is 12.1.